The van der Waals surface area contributed by atoms with Crippen molar-refractivity contribution in [3.05, 3.63) is 90.2 Å². The molecule has 0 atom stereocenters. The fraction of sp³-hybridized carbons (Fsp3) is 0.222. The molecule has 3 aromatic carbocycles. The number of methoxy groups -OCH3 is 1. The Morgan fingerprint density at radius 2 is 1.74 bits per heavy atom. The number of nitrogens with zero attached hydrogens (tertiary/aromatic N) is 4. The quantitative estimate of drug-likeness (QED) is 0.297. The summed E-state index contributed by atoms with van der Waals surface area (Å²) in [5.41, 5.74) is 2.23. The molecule has 1 saturated carbocycles. The van der Waals surface area contributed by atoms with Crippen LogP contribution in [-0.4, -0.2) is 44.5 Å². The van der Waals surface area contributed by atoms with E-state index in [2.05, 4.69) is 10.2 Å². The lowest BCUT2D eigenvalue weighted by Crippen LogP contribution is -2.34. The second-order valence-electron chi connectivity index (χ2n) is 8.35. The number of rotatable bonds is 9. The van der Waals surface area contributed by atoms with Gasteiger partial charge in [0.15, 0.2) is 11.0 Å². The van der Waals surface area contributed by atoms with E-state index in [0.29, 0.717) is 23.1 Å². The molecule has 0 radical (unpaired) electrons. The van der Waals surface area contributed by atoms with E-state index in [1.165, 1.54) is 17.8 Å². The molecule has 5 rings (SSSR count). The van der Waals surface area contributed by atoms with Crippen molar-refractivity contribution in [1.29, 1.82) is 0 Å². The van der Waals surface area contributed by atoms with Gasteiger partial charge in [0.05, 0.1) is 18.4 Å². The van der Waals surface area contributed by atoms with E-state index in [0.717, 1.165) is 29.8 Å². The van der Waals surface area contributed by atoms with Crippen LogP contribution in [0.3, 0.4) is 0 Å². The van der Waals surface area contributed by atoms with Crippen molar-refractivity contribution in [2.24, 2.45) is 0 Å². The maximum atomic E-state index is 14.6. The number of aromatic nitrogens is 3. The van der Waals surface area contributed by atoms with Gasteiger partial charge in [-0.15, -0.1) is 10.2 Å². The van der Waals surface area contributed by atoms with Gasteiger partial charge in [0.1, 0.15) is 11.6 Å². The molecule has 1 aliphatic rings. The molecule has 8 heteroatoms. The summed E-state index contributed by atoms with van der Waals surface area (Å²) in [4.78, 5) is 15.2. The highest BCUT2D eigenvalue weighted by atomic mass is 32.2. The van der Waals surface area contributed by atoms with Gasteiger partial charge in [0.2, 0.25) is 5.91 Å². The molecule has 35 heavy (non-hydrogen) atoms. The third-order valence-corrected chi connectivity index (χ3v) is 6.82. The lowest BCUT2D eigenvalue weighted by atomic mass is 10.2. The minimum atomic E-state index is -0.371. The van der Waals surface area contributed by atoms with Crippen molar-refractivity contribution in [3.63, 3.8) is 0 Å². The van der Waals surface area contributed by atoms with Crippen LogP contribution in [0.15, 0.2) is 84.0 Å². The number of carbonyl (C=O) groups is 1. The van der Waals surface area contributed by atoms with Crippen LogP contribution in [0.2, 0.25) is 0 Å². The monoisotopic (exact) mass is 488 g/mol. The van der Waals surface area contributed by atoms with Crippen LogP contribution in [0, 0.1) is 5.82 Å². The maximum Gasteiger partial charge on any atom is 0.233 e. The standard InChI is InChI=1S/C27H25FN4O2S/c1-34-22-15-11-19(12-16-22)17-31(20-13-14-20)25(33)18-35-27-30-29-26(23-9-5-6-10-24(23)28)32(27)21-7-3-2-4-8-21/h2-12,15-16,20H,13-14,17-18H2,1H3. The summed E-state index contributed by atoms with van der Waals surface area (Å²) >= 11 is 1.32. The highest BCUT2D eigenvalue weighted by Gasteiger charge is 2.32. The van der Waals surface area contributed by atoms with E-state index in [-0.39, 0.29) is 23.5 Å². The van der Waals surface area contributed by atoms with Crippen molar-refractivity contribution in [2.75, 3.05) is 12.9 Å². The van der Waals surface area contributed by atoms with Gasteiger partial charge in [-0.05, 0) is 54.8 Å². The van der Waals surface area contributed by atoms with Crippen LogP contribution in [0.25, 0.3) is 17.1 Å². The van der Waals surface area contributed by atoms with Gasteiger partial charge < -0.3 is 9.64 Å². The van der Waals surface area contributed by atoms with Gasteiger partial charge in [-0.2, -0.15) is 0 Å². The number of hydrogen-bond donors (Lipinski definition) is 0. The molecule has 1 fully saturated rings. The topological polar surface area (TPSA) is 60.2 Å². The number of halogens is 1. The van der Waals surface area contributed by atoms with Gasteiger partial charge in [-0.1, -0.05) is 54.2 Å². The van der Waals surface area contributed by atoms with E-state index in [1.54, 1.807) is 29.9 Å². The van der Waals surface area contributed by atoms with Crippen molar-refractivity contribution in [2.45, 2.75) is 30.6 Å². The molecule has 0 N–H and O–H groups in total. The Morgan fingerprint density at radius 3 is 2.43 bits per heavy atom. The molecular formula is C27H25FN4O2S. The Bertz CT molecular complexity index is 1310. The van der Waals surface area contributed by atoms with E-state index in [9.17, 15) is 9.18 Å². The fourth-order valence-corrected chi connectivity index (χ4v) is 4.77. The first-order valence-electron chi connectivity index (χ1n) is 11.4. The normalized spacial score (nSPS) is 13.0. The average molecular weight is 489 g/mol. The minimum Gasteiger partial charge on any atom is -0.497 e. The predicted octanol–water partition coefficient (Wildman–Crippen LogP) is 5.37. The summed E-state index contributed by atoms with van der Waals surface area (Å²) in [6.45, 7) is 0.555. The molecule has 6 nitrogen and oxygen atoms in total. The lowest BCUT2D eigenvalue weighted by Gasteiger charge is -2.22. The van der Waals surface area contributed by atoms with Crippen molar-refractivity contribution >= 4 is 17.7 Å². The molecule has 0 bridgehead atoms. The third-order valence-electron chi connectivity index (χ3n) is 5.91. The Morgan fingerprint density at radius 1 is 1.03 bits per heavy atom. The zero-order valence-corrected chi connectivity index (χ0v) is 20.1. The first kappa shape index (κ1) is 23.1. The number of ether oxygens (including phenoxy) is 1. The largest absolute Gasteiger partial charge is 0.497 e. The molecule has 1 aromatic heterocycles. The van der Waals surface area contributed by atoms with E-state index >= 15 is 0 Å². The van der Waals surface area contributed by atoms with Crippen LogP contribution in [-0.2, 0) is 11.3 Å². The van der Waals surface area contributed by atoms with Crippen LogP contribution >= 0.6 is 11.8 Å². The molecule has 0 spiro atoms. The number of hydrogen-bond acceptors (Lipinski definition) is 5. The third kappa shape index (κ3) is 5.22. The Kier molecular flexibility index (Phi) is 6.81. The lowest BCUT2D eigenvalue weighted by molar-refractivity contribution is -0.129. The number of carbonyl (C=O) groups excluding carboxylic acids is 1. The second-order valence-corrected chi connectivity index (χ2v) is 9.29. The zero-order chi connectivity index (χ0) is 24.2. The molecule has 0 aliphatic heterocycles. The first-order chi connectivity index (χ1) is 17.1. The van der Waals surface area contributed by atoms with Gasteiger partial charge >= 0.3 is 0 Å². The minimum absolute atomic E-state index is 0.0448. The first-order valence-corrected chi connectivity index (χ1v) is 12.4. The molecule has 178 valence electrons. The van der Waals surface area contributed by atoms with Crippen molar-refractivity contribution < 1.29 is 13.9 Å². The summed E-state index contributed by atoms with van der Waals surface area (Å²) in [6, 6.07) is 24.1. The van der Waals surface area contributed by atoms with Gasteiger partial charge in [-0.25, -0.2) is 4.39 Å². The smallest absolute Gasteiger partial charge is 0.233 e. The number of amides is 1. The summed E-state index contributed by atoms with van der Waals surface area (Å²) < 4.78 is 21.6. The van der Waals surface area contributed by atoms with Crippen molar-refractivity contribution in [3.8, 4) is 22.8 Å². The van der Waals surface area contributed by atoms with Crippen LogP contribution in [0.5, 0.6) is 5.75 Å². The average Bonchev–Trinajstić information content (AvgIpc) is 3.65. The summed E-state index contributed by atoms with van der Waals surface area (Å²) in [7, 11) is 1.64. The molecule has 4 aromatic rings. The molecule has 0 saturated heterocycles. The Hall–Kier alpha value is -3.65. The summed E-state index contributed by atoms with van der Waals surface area (Å²) in [5, 5.41) is 9.17. The van der Waals surface area contributed by atoms with Gasteiger partial charge in [-0.3, -0.25) is 9.36 Å². The van der Waals surface area contributed by atoms with E-state index in [1.807, 2.05) is 59.5 Å². The Labute approximate surface area is 207 Å². The van der Waals surface area contributed by atoms with Gasteiger partial charge in [0.25, 0.3) is 0 Å². The van der Waals surface area contributed by atoms with Crippen LogP contribution in [0.4, 0.5) is 4.39 Å². The van der Waals surface area contributed by atoms with E-state index in [4.69, 9.17) is 4.74 Å². The Balaban J connectivity index is 1.37. The maximum absolute atomic E-state index is 14.6. The molecule has 1 amide bonds. The van der Waals surface area contributed by atoms with Crippen molar-refractivity contribution in [1.82, 2.24) is 19.7 Å². The second kappa shape index (κ2) is 10.3. The van der Waals surface area contributed by atoms with Gasteiger partial charge in [0, 0.05) is 18.3 Å². The molecular weight excluding hydrogens is 463 g/mol. The zero-order valence-electron chi connectivity index (χ0n) is 19.3. The molecule has 0 unspecified atom stereocenters. The number of thioether (sulfide) groups is 1. The summed E-state index contributed by atoms with van der Waals surface area (Å²) in [5.74, 6) is 1.09. The number of para-hydroxylation sites is 1. The predicted molar refractivity (Wildman–Crippen MR) is 134 cm³/mol. The highest BCUT2D eigenvalue weighted by Crippen LogP contribution is 2.32. The van der Waals surface area contributed by atoms with Crippen LogP contribution in [0.1, 0.15) is 18.4 Å². The number of benzene rings is 3. The summed E-state index contributed by atoms with van der Waals surface area (Å²) in [6.07, 6.45) is 2.04. The van der Waals surface area contributed by atoms with Crippen LogP contribution < -0.4 is 4.74 Å². The SMILES string of the molecule is COc1ccc(CN(C(=O)CSc2nnc(-c3ccccc3F)n2-c2ccccc2)C2CC2)cc1. The molecule has 1 aliphatic carbocycles. The fourth-order valence-electron chi connectivity index (χ4n) is 3.93. The van der Waals surface area contributed by atoms with E-state index < -0.39 is 0 Å². The molecule has 1 heterocycles. The highest BCUT2D eigenvalue weighted by molar-refractivity contribution is 7.99.